The Morgan fingerprint density at radius 3 is 0.429 bits per heavy atom. The summed E-state index contributed by atoms with van der Waals surface area (Å²) in [5.74, 6) is 0. The Kier molecular flexibility index (Phi) is 24700. The van der Waals surface area contributed by atoms with Gasteiger partial charge in [-0.05, 0) is 0 Å². The molecule has 0 heterocycles. The van der Waals surface area contributed by atoms with E-state index in [1.807, 2.05) is 0 Å². The molecule has 0 aromatic heterocycles. The van der Waals surface area contributed by atoms with Gasteiger partial charge < -0.3 is 27.4 Å². The van der Waals surface area contributed by atoms with E-state index in [1.54, 1.807) is 0 Å². The number of hydrogen-bond donors (Lipinski definition) is 0. The minimum absolute atomic E-state index is 0. The summed E-state index contributed by atoms with van der Waals surface area (Å²) in [4.78, 5) is 0. The van der Waals surface area contributed by atoms with E-state index in [0.717, 1.165) is 0 Å². The molecule has 7 heavy (non-hydrogen) atoms. The molecule has 50 valence electrons. The largest absolute Gasteiger partial charge is 2.00 e. The molecule has 0 bridgehead atoms. The summed E-state index contributed by atoms with van der Waals surface area (Å²) in [7, 11) is 0. The molecule has 5 nitrogen and oxygen atoms in total. The van der Waals surface area contributed by atoms with Gasteiger partial charge >= 0.3 is 16.8 Å². The number of hydrogen-bond acceptors (Lipinski definition) is 5. The number of rotatable bonds is 0. The molecule has 0 fully saturated rings. The van der Waals surface area contributed by atoms with Gasteiger partial charge in [0, 0.05) is 17.4 Å². The van der Waals surface area contributed by atoms with Crippen LogP contribution < -0.4 is 0 Å². The maximum absolute atomic E-state index is 0. The monoisotopic (exact) mass is 171 g/mol. The first-order valence-electron chi connectivity index (χ1n) is 0. The molecule has 4 radical (unpaired) electrons. The van der Waals surface area contributed by atoms with Crippen LogP contribution in [0.5, 0.6) is 0 Å². The van der Waals surface area contributed by atoms with Crippen LogP contribution >= 0.6 is 0 Å². The van der Waals surface area contributed by atoms with Crippen molar-refractivity contribution in [1.82, 2.24) is 0 Å². The SMILES string of the molecule is [Al].[Co+2].[OH-].[OH-].[OH-].[OH-].[OH-]. The Balaban J connectivity index is 0. The summed E-state index contributed by atoms with van der Waals surface area (Å²) < 4.78 is 0. The molecular weight excluding hydrogens is 166 g/mol. The smallest absolute Gasteiger partial charge is 0.870 e. The Morgan fingerprint density at radius 1 is 0.429 bits per heavy atom. The molecule has 0 amide bonds. The third kappa shape index (κ3) is 228. The third-order valence-corrected chi connectivity index (χ3v) is 0. The van der Waals surface area contributed by atoms with Gasteiger partial charge in [-0.1, -0.05) is 0 Å². The van der Waals surface area contributed by atoms with Crippen molar-refractivity contribution in [3.05, 3.63) is 0 Å². The fourth-order valence-electron chi connectivity index (χ4n) is 0. The molecule has 0 aliphatic heterocycles. The van der Waals surface area contributed by atoms with E-state index < -0.39 is 0 Å². The zero-order valence-corrected chi connectivity index (χ0v) is 5.34. The average molecular weight is 171 g/mol. The first-order chi connectivity index (χ1) is 0. The van der Waals surface area contributed by atoms with Crippen LogP contribution in [0, 0.1) is 0 Å². The molecule has 0 aliphatic carbocycles. The standard InChI is InChI=1S/Al.Co.5H2O/h;;5*1H2/q;+2;;;;;/p-5. The molecule has 0 aliphatic rings. The Morgan fingerprint density at radius 2 is 0.429 bits per heavy atom. The van der Waals surface area contributed by atoms with Gasteiger partial charge in [0.25, 0.3) is 0 Å². The van der Waals surface area contributed by atoms with Gasteiger partial charge in [0.1, 0.15) is 0 Å². The first-order valence-corrected chi connectivity index (χ1v) is 0. The van der Waals surface area contributed by atoms with Crippen LogP contribution in [-0.2, 0) is 16.8 Å². The Labute approximate surface area is 62.0 Å². The van der Waals surface area contributed by atoms with Crippen LogP contribution in [0.15, 0.2) is 0 Å². The van der Waals surface area contributed by atoms with E-state index in [-0.39, 0.29) is 61.5 Å². The molecular formula is H5AlCoO5-3. The van der Waals surface area contributed by atoms with Crippen LogP contribution in [0.2, 0.25) is 0 Å². The van der Waals surface area contributed by atoms with Crippen molar-refractivity contribution < 1.29 is 44.2 Å². The maximum Gasteiger partial charge on any atom is 2.00 e. The van der Waals surface area contributed by atoms with Crippen LogP contribution in [0.1, 0.15) is 0 Å². The summed E-state index contributed by atoms with van der Waals surface area (Å²) in [6, 6.07) is 0. The summed E-state index contributed by atoms with van der Waals surface area (Å²) in [6.45, 7) is 0. The predicted octanol–water partition coefficient (Wildman–Crippen LogP) is -1.27. The molecule has 7 heteroatoms. The molecule has 0 aromatic carbocycles. The summed E-state index contributed by atoms with van der Waals surface area (Å²) in [6.07, 6.45) is 0. The van der Waals surface area contributed by atoms with E-state index >= 15 is 0 Å². The molecule has 0 rings (SSSR count). The molecule has 0 aromatic rings. The minimum Gasteiger partial charge on any atom is -0.870 e. The summed E-state index contributed by atoms with van der Waals surface area (Å²) >= 11 is 0. The van der Waals surface area contributed by atoms with Gasteiger partial charge in [0.2, 0.25) is 0 Å². The molecule has 0 unspecified atom stereocenters. The third-order valence-electron chi connectivity index (χ3n) is 0. The average Bonchev–Trinajstić information content (AvgIpc) is 0. The van der Waals surface area contributed by atoms with Gasteiger partial charge in [0.05, 0.1) is 0 Å². The van der Waals surface area contributed by atoms with Crippen molar-refractivity contribution in [1.29, 1.82) is 0 Å². The summed E-state index contributed by atoms with van der Waals surface area (Å²) in [5.41, 5.74) is 0. The van der Waals surface area contributed by atoms with Gasteiger partial charge in [-0.3, -0.25) is 0 Å². The van der Waals surface area contributed by atoms with Crippen molar-refractivity contribution >= 4 is 17.4 Å². The van der Waals surface area contributed by atoms with E-state index in [0.29, 0.717) is 0 Å². The topological polar surface area (TPSA) is 150 Å². The fourth-order valence-corrected chi connectivity index (χ4v) is 0. The zero-order chi connectivity index (χ0) is 0. The van der Waals surface area contributed by atoms with Gasteiger partial charge in [-0.25, -0.2) is 0 Å². The van der Waals surface area contributed by atoms with E-state index in [9.17, 15) is 0 Å². The van der Waals surface area contributed by atoms with Gasteiger partial charge in [-0.15, -0.1) is 0 Å². The Bertz CT molecular complexity index is 8.04. The molecule has 0 saturated heterocycles. The van der Waals surface area contributed by atoms with Gasteiger partial charge in [-0.2, -0.15) is 0 Å². The van der Waals surface area contributed by atoms with Crippen molar-refractivity contribution in [3.8, 4) is 0 Å². The normalized spacial score (nSPS) is 0. The molecule has 0 atom stereocenters. The van der Waals surface area contributed by atoms with Crippen LogP contribution in [0.3, 0.4) is 0 Å². The zero-order valence-electron chi connectivity index (χ0n) is 3.15. The molecule has 0 spiro atoms. The first kappa shape index (κ1) is 521. The second-order valence-electron chi connectivity index (χ2n) is 0. The van der Waals surface area contributed by atoms with E-state index in [1.165, 1.54) is 0 Å². The van der Waals surface area contributed by atoms with Gasteiger partial charge in [0.15, 0.2) is 0 Å². The van der Waals surface area contributed by atoms with Crippen molar-refractivity contribution in [2.24, 2.45) is 0 Å². The molecule has 5 N–H and O–H groups in total. The van der Waals surface area contributed by atoms with Crippen LogP contribution in [0.25, 0.3) is 0 Å². The van der Waals surface area contributed by atoms with Crippen molar-refractivity contribution in [3.63, 3.8) is 0 Å². The van der Waals surface area contributed by atoms with Crippen LogP contribution in [-0.4, -0.2) is 44.7 Å². The maximum atomic E-state index is 0. The van der Waals surface area contributed by atoms with Crippen LogP contribution in [0.4, 0.5) is 0 Å². The quantitative estimate of drug-likeness (QED) is 0.416. The van der Waals surface area contributed by atoms with E-state index in [4.69, 9.17) is 0 Å². The predicted molar refractivity (Wildman–Crippen MR) is 15.4 cm³/mol. The van der Waals surface area contributed by atoms with Crippen molar-refractivity contribution in [2.45, 2.75) is 0 Å². The second kappa shape index (κ2) is 331. The van der Waals surface area contributed by atoms with Crippen molar-refractivity contribution in [2.75, 3.05) is 0 Å². The second-order valence-corrected chi connectivity index (χ2v) is 0. The summed E-state index contributed by atoms with van der Waals surface area (Å²) in [5, 5.41) is 0. The molecule has 0 saturated carbocycles. The Hall–Kier alpha value is 0.839. The van der Waals surface area contributed by atoms with E-state index in [2.05, 4.69) is 0 Å². The fraction of sp³-hybridized carbons (Fsp3) is 0. The minimum atomic E-state index is 0.